The molecule has 56 heavy (non-hydrogen) atoms. The van der Waals surface area contributed by atoms with Crippen molar-refractivity contribution in [1.29, 1.82) is 0 Å². The van der Waals surface area contributed by atoms with E-state index in [2.05, 4.69) is 197 Å². The van der Waals surface area contributed by atoms with Crippen LogP contribution in [0.4, 0.5) is 11.6 Å². The molecule has 0 saturated carbocycles. The third-order valence-electron chi connectivity index (χ3n) is 12.1. The monoisotopic (exact) mass is 722 g/mol. The van der Waals surface area contributed by atoms with E-state index >= 15 is 0 Å². The lowest BCUT2D eigenvalue weighted by atomic mass is 9.82. The lowest BCUT2D eigenvalue weighted by molar-refractivity contribution is 0.660. The minimum Gasteiger partial charge on any atom is -0.305 e. The maximum atomic E-state index is 5.39. The van der Waals surface area contributed by atoms with E-state index in [1.54, 1.807) is 0 Å². The van der Waals surface area contributed by atoms with Gasteiger partial charge in [-0.25, -0.2) is 4.98 Å². The van der Waals surface area contributed by atoms with Crippen molar-refractivity contribution in [1.82, 2.24) is 15.0 Å². The summed E-state index contributed by atoms with van der Waals surface area (Å²) in [5, 5.41) is 0. The standard InChI is InChI=1S/C52H42N4/c1-33-17-8-7-15-30-56(47-37(33)22-16-23-38(47)34-18-9-6-10-19-34)50-54-48(35-26-28-41-39-20-11-13-24-43(39)51(2,3)45(41)31-35)53-49(55-50)36-27-29-42-40-21-12-14-25-44(40)52(4,5)46(42)32-36/h6-29,31-32H,1,30H2,2-5H3/b15-7-,17-8-. The Morgan fingerprint density at radius 3 is 1.61 bits per heavy atom. The Hall–Kier alpha value is -6.65. The Kier molecular flexibility index (Phi) is 7.69. The molecule has 0 unspecified atom stereocenters. The van der Waals surface area contributed by atoms with Gasteiger partial charge >= 0.3 is 0 Å². The molecule has 0 amide bonds. The fraction of sp³-hybridized carbons (Fsp3) is 0.135. The number of allylic oxidation sites excluding steroid dienone is 4. The summed E-state index contributed by atoms with van der Waals surface area (Å²) in [6.07, 6.45) is 8.37. The molecule has 1 aromatic heterocycles. The fourth-order valence-electron chi connectivity index (χ4n) is 9.15. The molecule has 0 spiro atoms. The topological polar surface area (TPSA) is 41.9 Å². The van der Waals surface area contributed by atoms with E-state index in [0.29, 0.717) is 24.1 Å². The van der Waals surface area contributed by atoms with Gasteiger partial charge in [0.15, 0.2) is 11.6 Å². The molecular weight excluding hydrogens is 681 g/mol. The Morgan fingerprint density at radius 1 is 0.482 bits per heavy atom. The summed E-state index contributed by atoms with van der Waals surface area (Å²) in [5.41, 5.74) is 17.1. The summed E-state index contributed by atoms with van der Waals surface area (Å²) in [4.78, 5) is 18.3. The molecule has 2 aliphatic carbocycles. The van der Waals surface area contributed by atoms with Crippen molar-refractivity contribution in [2.45, 2.75) is 38.5 Å². The number of para-hydroxylation sites is 1. The average Bonchev–Trinajstić information content (AvgIpc) is 3.64. The van der Waals surface area contributed by atoms with Gasteiger partial charge in [0.1, 0.15) is 0 Å². The molecule has 6 aromatic carbocycles. The number of anilines is 2. The van der Waals surface area contributed by atoms with E-state index in [0.717, 1.165) is 39.1 Å². The summed E-state index contributed by atoms with van der Waals surface area (Å²) in [5.74, 6) is 1.87. The molecule has 0 atom stereocenters. The predicted octanol–water partition coefficient (Wildman–Crippen LogP) is 12.8. The lowest BCUT2D eigenvalue weighted by Crippen LogP contribution is -2.23. The van der Waals surface area contributed by atoms with Crippen molar-refractivity contribution >= 4 is 17.2 Å². The number of benzene rings is 6. The molecule has 3 aliphatic rings. The molecule has 0 N–H and O–H groups in total. The van der Waals surface area contributed by atoms with Crippen LogP contribution in [0.5, 0.6) is 0 Å². The highest BCUT2D eigenvalue weighted by molar-refractivity contribution is 5.93. The zero-order valence-corrected chi connectivity index (χ0v) is 32.2. The minimum atomic E-state index is -0.163. The molecular formula is C52H42N4. The summed E-state index contributed by atoms with van der Waals surface area (Å²) < 4.78 is 0. The Labute approximate surface area is 329 Å². The van der Waals surface area contributed by atoms with Crippen LogP contribution in [0.3, 0.4) is 0 Å². The first-order chi connectivity index (χ1) is 27.2. The highest BCUT2D eigenvalue weighted by atomic mass is 15.3. The summed E-state index contributed by atoms with van der Waals surface area (Å²) in [6, 6.07) is 48.0. The fourth-order valence-corrected chi connectivity index (χ4v) is 9.15. The normalized spacial score (nSPS) is 16.7. The minimum absolute atomic E-state index is 0.163. The maximum Gasteiger partial charge on any atom is 0.234 e. The first-order valence-electron chi connectivity index (χ1n) is 19.4. The average molecular weight is 723 g/mol. The second-order valence-corrected chi connectivity index (χ2v) is 16.1. The molecule has 0 bridgehead atoms. The smallest absolute Gasteiger partial charge is 0.234 e. The lowest BCUT2D eigenvalue weighted by Gasteiger charge is -2.28. The molecule has 2 heterocycles. The first-order valence-corrected chi connectivity index (χ1v) is 19.4. The van der Waals surface area contributed by atoms with Gasteiger partial charge in [0.2, 0.25) is 5.95 Å². The maximum absolute atomic E-state index is 5.39. The van der Waals surface area contributed by atoms with E-state index in [9.17, 15) is 0 Å². The third kappa shape index (κ3) is 5.24. The SMILES string of the molecule is C=C1/C=C\C=C/CN(c2nc(-c3ccc4c(c3)C(C)(C)c3ccccc3-4)nc(-c3ccc4c(c3)C(C)(C)c3ccccc3-4)n2)c2c1cccc2-c1ccccc1. The van der Waals surface area contributed by atoms with Crippen LogP contribution in [0.15, 0.2) is 164 Å². The third-order valence-corrected chi connectivity index (χ3v) is 12.1. The number of nitrogens with zero attached hydrogens (tertiary/aromatic N) is 4. The van der Waals surface area contributed by atoms with Crippen LogP contribution in [-0.2, 0) is 10.8 Å². The van der Waals surface area contributed by atoms with Gasteiger partial charge in [-0.2, -0.15) is 9.97 Å². The van der Waals surface area contributed by atoms with E-state index in [1.165, 1.54) is 44.5 Å². The molecule has 0 saturated heterocycles. The van der Waals surface area contributed by atoms with Crippen molar-refractivity contribution in [3.63, 3.8) is 0 Å². The zero-order chi connectivity index (χ0) is 38.2. The molecule has 4 heteroatoms. The second-order valence-electron chi connectivity index (χ2n) is 16.1. The van der Waals surface area contributed by atoms with Crippen LogP contribution in [0, 0.1) is 0 Å². The van der Waals surface area contributed by atoms with Gasteiger partial charge in [-0.1, -0.05) is 180 Å². The Morgan fingerprint density at radius 2 is 1.00 bits per heavy atom. The van der Waals surface area contributed by atoms with E-state index < -0.39 is 0 Å². The van der Waals surface area contributed by atoms with E-state index in [1.807, 2.05) is 0 Å². The number of aromatic nitrogens is 3. The Bertz CT molecular complexity index is 2680. The van der Waals surface area contributed by atoms with E-state index in [-0.39, 0.29) is 10.8 Å². The van der Waals surface area contributed by atoms with Crippen LogP contribution in [0.1, 0.15) is 55.5 Å². The van der Waals surface area contributed by atoms with Gasteiger partial charge in [0.05, 0.1) is 5.69 Å². The summed E-state index contributed by atoms with van der Waals surface area (Å²) in [7, 11) is 0. The first kappa shape index (κ1) is 33.9. The van der Waals surface area contributed by atoms with Gasteiger partial charge in [0.25, 0.3) is 0 Å². The van der Waals surface area contributed by atoms with Gasteiger partial charge in [-0.05, 0) is 67.8 Å². The quantitative estimate of drug-likeness (QED) is 0.181. The van der Waals surface area contributed by atoms with Crippen LogP contribution < -0.4 is 4.90 Å². The van der Waals surface area contributed by atoms with Crippen molar-refractivity contribution in [2.75, 3.05) is 11.4 Å². The number of hydrogen-bond acceptors (Lipinski definition) is 4. The van der Waals surface area contributed by atoms with Crippen LogP contribution in [0.2, 0.25) is 0 Å². The molecule has 10 rings (SSSR count). The van der Waals surface area contributed by atoms with Gasteiger partial charge in [-0.3, -0.25) is 0 Å². The van der Waals surface area contributed by atoms with Crippen LogP contribution in [0.25, 0.3) is 61.7 Å². The molecule has 270 valence electrons. The highest BCUT2D eigenvalue weighted by Crippen LogP contribution is 2.51. The summed E-state index contributed by atoms with van der Waals surface area (Å²) in [6.45, 7) is 14.3. The molecule has 1 aliphatic heterocycles. The van der Waals surface area contributed by atoms with Gasteiger partial charge in [-0.15, -0.1) is 0 Å². The van der Waals surface area contributed by atoms with Crippen molar-refractivity contribution < 1.29 is 0 Å². The largest absolute Gasteiger partial charge is 0.305 e. The van der Waals surface area contributed by atoms with Gasteiger partial charge in [0, 0.05) is 39.6 Å². The second kappa shape index (κ2) is 12.7. The van der Waals surface area contributed by atoms with Crippen molar-refractivity contribution in [3.8, 4) is 56.2 Å². The molecule has 0 radical (unpaired) electrons. The van der Waals surface area contributed by atoms with Crippen LogP contribution >= 0.6 is 0 Å². The molecule has 0 fully saturated rings. The van der Waals surface area contributed by atoms with Crippen LogP contribution in [-0.4, -0.2) is 21.5 Å². The zero-order valence-electron chi connectivity index (χ0n) is 32.2. The number of rotatable bonds is 4. The molecule has 7 aromatic rings. The summed E-state index contributed by atoms with van der Waals surface area (Å²) >= 11 is 0. The molecule has 4 nitrogen and oxygen atoms in total. The highest BCUT2D eigenvalue weighted by Gasteiger charge is 2.37. The van der Waals surface area contributed by atoms with Crippen molar-refractivity contribution in [3.05, 3.63) is 192 Å². The Balaban J connectivity index is 1.21. The number of fused-ring (bicyclic) bond motifs is 7. The van der Waals surface area contributed by atoms with Crippen molar-refractivity contribution in [2.24, 2.45) is 0 Å². The predicted molar refractivity (Wildman–Crippen MR) is 232 cm³/mol. The van der Waals surface area contributed by atoms with E-state index in [4.69, 9.17) is 15.0 Å². The van der Waals surface area contributed by atoms with Gasteiger partial charge < -0.3 is 4.90 Å². The number of hydrogen-bond donors (Lipinski definition) is 0.